The minimum atomic E-state index is -0.679. The number of hydrogen-bond acceptors (Lipinski definition) is 4. The molecule has 1 aromatic rings. The lowest BCUT2D eigenvalue weighted by molar-refractivity contribution is -0.143. The molecule has 3 amide bonds. The number of esters is 1. The number of amides is 3. The largest absolute Gasteiger partial charge is 0.452 e. The Labute approximate surface area is 145 Å². The van der Waals surface area contributed by atoms with Gasteiger partial charge in [0, 0.05) is 17.1 Å². The van der Waals surface area contributed by atoms with E-state index in [0.29, 0.717) is 5.02 Å². The van der Waals surface area contributed by atoms with Gasteiger partial charge in [-0.25, -0.2) is 9.59 Å². The number of halogens is 1. The highest BCUT2D eigenvalue weighted by Crippen LogP contribution is 2.17. The molecule has 7 heteroatoms. The lowest BCUT2D eigenvalue weighted by atomic mass is 10.2. The third kappa shape index (κ3) is 6.42. The van der Waals surface area contributed by atoms with E-state index >= 15 is 0 Å². The summed E-state index contributed by atoms with van der Waals surface area (Å²) >= 11 is 5.83. The van der Waals surface area contributed by atoms with Crippen molar-refractivity contribution in [3.8, 4) is 0 Å². The van der Waals surface area contributed by atoms with Crippen molar-refractivity contribution in [3.63, 3.8) is 0 Å². The van der Waals surface area contributed by atoms with Crippen LogP contribution in [-0.2, 0) is 14.3 Å². The number of imide groups is 1. The topological polar surface area (TPSA) is 84.5 Å². The van der Waals surface area contributed by atoms with Crippen molar-refractivity contribution in [2.45, 2.75) is 31.7 Å². The lowest BCUT2D eigenvalue weighted by Gasteiger charge is -2.12. The molecule has 1 fully saturated rings. The van der Waals surface area contributed by atoms with Gasteiger partial charge < -0.3 is 10.1 Å². The smallest absolute Gasteiger partial charge is 0.331 e. The van der Waals surface area contributed by atoms with Crippen LogP contribution >= 0.6 is 11.6 Å². The molecule has 0 atom stereocenters. The third-order valence-corrected chi connectivity index (χ3v) is 3.78. The summed E-state index contributed by atoms with van der Waals surface area (Å²) in [6.07, 6.45) is 6.72. The molecule has 2 rings (SSSR count). The number of urea groups is 1. The van der Waals surface area contributed by atoms with Crippen molar-refractivity contribution in [2.75, 3.05) is 6.61 Å². The Morgan fingerprint density at radius 2 is 2.00 bits per heavy atom. The molecule has 0 spiro atoms. The maximum Gasteiger partial charge on any atom is 0.331 e. The molecule has 2 N–H and O–H groups in total. The Hall–Kier alpha value is -2.34. The molecule has 0 unspecified atom stereocenters. The van der Waals surface area contributed by atoms with Crippen molar-refractivity contribution in [1.82, 2.24) is 10.6 Å². The minimum absolute atomic E-state index is 0.112. The quantitative estimate of drug-likeness (QED) is 0.631. The molecule has 0 aromatic heterocycles. The molecule has 128 valence electrons. The van der Waals surface area contributed by atoms with Crippen LogP contribution < -0.4 is 10.6 Å². The molecule has 1 aliphatic rings. The summed E-state index contributed by atoms with van der Waals surface area (Å²) in [7, 11) is 0. The number of rotatable bonds is 5. The maximum atomic E-state index is 11.6. The van der Waals surface area contributed by atoms with E-state index < -0.39 is 24.5 Å². The van der Waals surface area contributed by atoms with E-state index in [4.69, 9.17) is 16.3 Å². The third-order valence-electron chi connectivity index (χ3n) is 3.55. The highest BCUT2D eigenvalue weighted by molar-refractivity contribution is 6.30. The number of ether oxygens (including phenoxy) is 1. The predicted octanol–water partition coefficient (Wildman–Crippen LogP) is 2.66. The van der Waals surface area contributed by atoms with Gasteiger partial charge >= 0.3 is 12.0 Å². The van der Waals surface area contributed by atoms with Crippen LogP contribution in [0.3, 0.4) is 0 Å². The van der Waals surface area contributed by atoms with Gasteiger partial charge in [0.1, 0.15) is 0 Å². The van der Waals surface area contributed by atoms with Gasteiger partial charge in [-0.1, -0.05) is 36.6 Å². The van der Waals surface area contributed by atoms with Gasteiger partial charge in [-0.05, 0) is 36.6 Å². The SMILES string of the molecule is O=C(COC(=O)/C=C/c1cccc(Cl)c1)NC(=O)NC1CCCC1. The summed E-state index contributed by atoms with van der Waals surface area (Å²) < 4.78 is 4.78. The van der Waals surface area contributed by atoms with Crippen LogP contribution in [0.2, 0.25) is 5.02 Å². The summed E-state index contributed by atoms with van der Waals surface area (Å²) in [4.78, 5) is 34.7. The molecular weight excluding hydrogens is 332 g/mol. The standard InChI is InChI=1S/C17H19ClN2O4/c18-13-5-3-4-12(10-13)8-9-16(22)24-11-15(21)20-17(23)19-14-6-1-2-7-14/h3-5,8-10,14H,1-2,6-7,11H2,(H2,19,20,21,23)/b9-8+. The van der Waals surface area contributed by atoms with Gasteiger partial charge in [-0.2, -0.15) is 0 Å². The zero-order valence-corrected chi connectivity index (χ0v) is 13.8. The predicted molar refractivity (Wildman–Crippen MR) is 90.4 cm³/mol. The van der Waals surface area contributed by atoms with E-state index in [-0.39, 0.29) is 6.04 Å². The molecule has 0 aliphatic heterocycles. The van der Waals surface area contributed by atoms with Crippen LogP contribution in [0.15, 0.2) is 30.3 Å². The highest BCUT2D eigenvalue weighted by atomic mass is 35.5. The Bertz CT molecular complexity index is 639. The summed E-state index contributed by atoms with van der Waals surface area (Å²) in [6.45, 7) is -0.517. The molecule has 1 aromatic carbocycles. The van der Waals surface area contributed by atoms with Gasteiger partial charge in [0.05, 0.1) is 0 Å². The zero-order valence-electron chi connectivity index (χ0n) is 13.1. The summed E-state index contributed by atoms with van der Waals surface area (Å²) in [6, 6.07) is 6.49. The zero-order chi connectivity index (χ0) is 17.4. The number of nitrogens with one attached hydrogen (secondary N) is 2. The Morgan fingerprint density at radius 3 is 2.71 bits per heavy atom. The van der Waals surface area contributed by atoms with Crippen LogP contribution in [-0.4, -0.2) is 30.6 Å². The van der Waals surface area contributed by atoms with E-state index in [1.807, 2.05) is 0 Å². The molecule has 0 heterocycles. The molecule has 0 saturated heterocycles. The monoisotopic (exact) mass is 350 g/mol. The van der Waals surface area contributed by atoms with Gasteiger partial charge in [0.15, 0.2) is 6.61 Å². The summed E-state index contributed by atoms with van der Waals surface area (Å²) in [5, 5.41) is 5.40. The second-order valence-corrected chi connectivity index (χ2v) is 5.94. The van der Waals surface area contributed by atoms with Crippen molar-refractivity contribution < 1.29 is 19.1 Å². The van der Waals surface area contributed by atoms with Crippen LogP contribution in [0.25, 0.3) is 6.08 Å². The maximum absolute atomic E-state index is 11.6. The van der Waals surface area contributed by atoms with E-state index in [1.54, 1.807) is 24.3 Å². The summed E-state index contributed by atoms with van der Waals surface area (Å²) in [5.41, 5.74) is 0.736. The molecule has 1 aliphatic carbocycles. The molecular formula is C17H19ClN2O4. The fourth-order valence-corrected chi connectivity index (χ4v) is 2.61. The first-order chi connectivity index (χ1) is 11.5. The van der Waals surface area contributed by atoms with Crippen LogP contribution in [0.5, 0.6) is 0 Å². The second kappa shape index (κ2) is 9.08. The molecule has 0 bridgehead atoms. The van der Waals surface area contributed by atoms with E-state index in [0.717, 1.165) is 31.2 Å². The Morgan fingerprint density at radius 1 is 1.25 bits per heavy atom. The van der Waals surface area contributed by atoms with Crippen LogP contribution in [0.1, 0.15) is 31.2 Å². The Balaban J connectivity index is 1.68. The van der Waals surface area contributed by atoms with Crippen molar-refractivity contribution in [1.29, 1.82) is 0 Å². The van der Waals surface area contributed by atoms with E-state index in [2.05, 4.69) is 10.6 Å². The molecule has 0 radical (unpaired) electrons. The Kier molecular flexibility index (Phi) is 6.81. The lowest BCUT2D eigenvalue weighted by Crippen LogP contribution is -2.44. The number of carbonyl (C=O) groups is 3. The first kappa shape index (κ1) is 18.0. The van der Waals surface area contributed by atoms with Gasteiger partial charge in [-0.15, -0.1) is 0 Å². The van der Waals surface area contributed by atoms with Gasteiger partial charge in [0.2, 0.25) is 0 Å². The van der Waals surface area contributed by atoms with E-state index in [9.17, 15) is 14.4 Å². The van der Waals surface area contributed by atoms with Crippen molar-refractivity contribution in [2.24, 2.45) is 0 Å². The molecule has 24 heavy (non-hydrogen) atoms. The molecule has 6 nitrogen and oxygen atoms in total. The second-order valence-electron chi connectivity index (χ2n) is 5.50. The minimum Gasteiger partial charge on any atom is -0.452 e. The summed E-state index contributed by atoms with van der Waals surface area (Å²) in [5.74, 6) is -1.35. The van der Waals surface area contributed by atoms with Gasteiger partial charge in [-0.3, -0.25) is 10.1 Å². The number of carbonyl (C=O) groups excluding carboxylic acids is 3. The first-order valence-corrected chi connectivity index (χ1v) is 8.11. The molecule has 1 saturated carbocycles. The van der Waals surface area contributed by atoms with Crippen molar-refractivity contribution >= 4 is 35.6 Å². The van der Waals surface area contributed by atoms with Crippen LogP contribution in [0, 0.1) is 0 Å². The normalized spacial score (nSPS) is 14.5. The van der Waals surface area contributed by atoms with E-state index in [1.165, 1.54) is 12.2 Å². The van der Waals surface area contributed by atoms with Crippen LogP contribution in [0.4, 0.5) is 4.79 Å². The number of benzene rings is 1. The number of hydrogen-bond donors (Lipinski definition) is 2. The first-order valence-electron chi connectivity index (χ1n) is 7.73. The van der Waals surface area contributed by atoms with Gasteiger partial charge in [0.25, 0.3) is 5.91 Å². The fourth-order valence-electron chi connectivity index (χ4n) is 2.41. The fraction of sp³-hybridized carbons (Fsp3) is 0.353. The average Bonchev–Trinajstić information content (AvgIpc) is 3.03. The van der Waals surface area contributed by atoms with Crippen molar-refractivity contribution in [3.05, 3.63) is 40.9 Å². The average molecular weight is 351 g/mol. The highest BCUT2D eigenvalue weighted by Gasteiger charge is 2.18.